The minimum atomic E-state index is -4.81. The van der Waals surface area contributed by atoms with Gasteiger partial charge in [-0.05, 0) is 54.5 Å². The van der Waals surface area contributed by atoms with Gasteiger partial charge >= 0.3 is 6.18 Å². The topological polar surface area (TPSA) is 45.1 Å². The summed E-state index contributed by atoms with van der Waals surface area (Å²) in [6.45, 7) is 7.96. The highest BCUT2D eigenvalue weighted by atomic mass is 127. The average Bonchev–Trinajstić information content (AvgIpc) is 2.94. The van der Waals surface area contributed by atoms with Crippen LogP contribution in [0.15, 0.2) is 41.2 Å². The van der Waals surface area contributed by atoms with E-state index in [1.165, 1.54) is 6.07 Å². The van der Waals surface area contributed by atoms with E-state index in [2.05, 4.69) is 11.8 Å². The van der Waals surface area contributed by atoms with Gasteiger partial charge in [0.05, 0.1) is 13.2 Å². The molecule has 0 fully saturated rings. The van der Waals surface area contributed by atoms with E-state index in [0.29, 0.717) is 41.8 Å². The van der Waals surface area contributed by atoms with Gasteiger partial charge in [-0.15, -0.1) is 0 Å². The summed E-state index contributed by atoms with van der Waals surface area (Å²) in [6.07, 6.45) is 1.11. The Morgan fingerprint density at radius 3 is 2.79 bits per heavy atom. The molecule has 1 unspecified atom stereocenters. The molecule has 156 valence electrons. The largest absolute Gasteiger partial charge is 0.425 e. The molecule has 1 N–H and O–H groups in total. The Bertz CT molecular complexity index is 921. The molecule has 0 amide bonds. The first-order valence-electron chi connectivity index (χ1n) is 9.15. The number of allylic oxidation sites excluding steroid dienone is 4. The van der Waals surface area contributed by atoms with Crippen LogP contribution in [0.3, 0.4) is 0 Å². The van der Waals surface area contributed by atoms with Crippen LogP contribution in [0, 0.1) is 6.92 Å². The molecule has 0 aliphatic heterocycles. The van der Waals surface area contributed by atoms with Crippen LogP contribution in [0.1, 0.15) is 42.0 Å². The van der Waals surface area contributed by atoms with Crippen LogP contribution in [-0.2, 0) is 8.67 Å². The van der Waals surface area contributed by atoms with Crippen molar-refractivity contribution in [3.63, 3.8) is 0 Å². The zero-order valence-corrected chi connectivity index (χ0v) is 18.3. The van der Waals surface area contributed by atoms with Gasteiger partial charge in [-0.3, -0.25) is 5.01 Å². The van der Waals surface area contributed by atoms with E-state index in [1.807, 2.05) is 19.1 Å². The molecule has 0 aromatic heterocycles. The second kappa shape index (κ2) is 8.23. The van der Waals surface area contributed by atoms with Crippen molar-refractivity contribution >= 4 is 40.9 Å². The summed E-state index contributed by atoms with van der Waals surface area (Å²) in [7, 11) is 0. The molecule has 2 aliphatic carbocycles. The Hall–Kier alpha value is -1.65. The minimum absolute atomic E-state index is 0.0270. The molecule has 1 aromatic carbocycles. The number of rotatable bonds is 6. The van der Waals surface area contributed by atoms with E-state index in [4.69, 9.17) is 3.07 Å². The first kappa shape index (κ1) is 22.0. The van der Waals surface area contributed by atoms with Crippen LogP contribution in [0.25, 0.3) is 11.1 Å². The number of hydrogen-bond donors (Lipinski definition) is 1. The molecule has 1 atom stereocenters. The molecule has 2 aliphatic rings. The van der Waals surface area contributed by atoms with Gasteiger partial charge in [0.2, 0.25) is 5.60 Å². The van der Waals surface area contributed by atoms with Crippen LogP contribution in [0.4, 0.5) is 13.2 Å². The molecule has 0 spiro atoms. The number of hydrazone groups is 1. The predicted octanol–water partition coefficient (Wildman–Crippen LogP) is 5.51. The molecule has 0 bridgehead atoms. The van der Waals surface area contributed by atoms with Gasteiger partial charge in [0.25, 0.3) is 0 Å². The van der Waals surface area contributed by atoms with Gasteiger partial charge in [-0.2, -0.15) is 18.3 Å². The number of fused-ring (bicyclic) bond motifs is 2. The first-order valence-corrected chi connectivity index (χ1v) is 10.0. The Morgan fingerprint density at radius 2 is 2.17 bits per heavy atom. The quantitative estimate of drug-likeness (QED) is 0.307. The molecule has 0 saturated carbocycles. The van der Waals surface area contributed by atoms with Crippen molar-refractivity contribution in [2.75, 3.05) is 13.2 Å². The number of alkyl halides is 3. The number of benzene rings is 1. The summed E-state index contributed by atoms with van der Waals surface area (Å²) in [5.74, 6) is 0. The Kier molecular flexibility index (Phi) is 6.26. The summed E-state index contributed by atoms with van der Waals surface area (Å²) in [6, 6.07) is 3.29. The number of aliphatic hydroxyl groups is 1. The number of nitrogens with zero attached hydrogens (tertiary/aromatic N) is 2. The minimum Gasteiger partial charge on any atom is -0.372 e. The molecular formula is C21H22F3IN2O2. The second-order valence-electron chi connectivity index (χ2n) is 7.21. The van der Waals surface area contributed by atoms with Crippen LogP contribution in [-0.4, -0.2) is 36.2 Å². The average molecular weight is 518 g/mol. The SMILES string of the molecule is C=NN(/C=C(\C)c1cc(C)cc2c1C1=C(CCC=C1)C2(O)C(F)(F)F)CCOI. The van der Waals surface area contributed by atoms with Crippen LogP contribution >= 0.6 is 23.0 Å². The van der Waals surface area contributed by atoms with Crippen molar-refractivity contribution in [1.29, 1.82) is 0 Å². The van der Waals surface area contributed by atoms with E-state index >= 15 is 0 Å². The normalized spacial score (nSPS) is 21.3. The van der Waals surface area contributed by atoms with Gasteiger partial charge in [-0.25, -0.2) is 0 Å². The van der Waals surface area contributed by atoms with Crippen molar-refractivity contribution < 1.29 is 21.3 Å². The predicted molar refractivity (Wildman–Crippen MR) is 116 cm³/mol. The standard InChI is InChI=1S/C21H22F3IN2O2/c1-13-10-16(14(2)12-27(26-3)8-9-29-25)19-15-6-4-5-7-17(15)20(28,18(19)11-13)21(22,23)24/h4,6,10-12,28H,3,5,7-9H2,1-2H3/b14-12+. The van der Waals surface area contributed by atoms with Crippen LogP contribution in [0.5, 0.6) is 0 Å². The molecule has 3 rings (SSSR count). The lowest BCUT2D eigenvalue weighted by Gasteiger charge is -2.31. The molecular weight excluding hydrogens is 496 g/mol. The Labute approximate surface area is 182 Å². The number of aryl methyl sites for hydroxylation is 1. The van der Waals surface area contributed by atoms with Crippen molar-refractivity contribution in [2.45, 2.75) is 38.5 Å². The second-order valence-corrected chi connectivity index (χ2v) is 7.83. The maximum Gasteiger partial charge on any atom is 0.425 e. The summed E-state index contributed by atoms with van der Waals surface area (Å²) >= 11 is 1.78. The van der Waals surface area contributed by atoms with E-state index in [1.54, 1.807) is 47.2 Å². The maximum absolute atomic E-state index is 14.1. The Balaban J connectivity index is 2.22. The third kappa shape index (κ3) is 3.77. The fraction of sp³-hybridized carbons (Fsp3) is 0.381. The van der Waals surface area contributed by atoms with Gasteiger partial charge in [0.1, 0.15) is 23.0 Å². The maximum atomic E-state index is 14.1. The number of hydrogen-bond acceptors (Lipinski definition) is 4. The van der Waals surface area contributed by atoms with E-state index in [0.717, 1.165) is 5.57 Å². The molecule has 0 radical (unpaired) electrons. The van der Waals surface area contributed by atoms with Gasteiger partial charge in [-0.1, -0.05) is 29.8 Å². The summed E-state index contributed by atoms with van der Waals surface area (Å²) in [5.41, 5.74) is -0.128. The summed E-state index contributed by atoms with van der Waals surface area (Å²) in [4.78, 5) is 0. The fourth-order valence-corrected chi connectivity index (χ4v) is 4.23. The van der Waals surface area contributed by atoms with Gasteiger partial charge in [0, 0.05) is 18.5 Å². The molecule has 0 heterocycles. The third-order valence-corrected chi connectivity index (χ3v) is 5.75. The molecule has 1 aromatic rings. The lowest BCUT2D eigenvalue weighted by atomic mass is 9.85. The molecule has 8 heteroatoms. The third-order valence-electron chi connectivity index (χ3n) is 5.31. The lowest BCUT2D eigenvalue weighted by molar-refractivity contribution is -0.249. The smallest absolute Gasteiger partial charge is 0.372 e. The van der Waals surface area contributed by atoms with Crippen molar-refractivity contribution in [2.24, 2.45) is 5.10 Å². The van der Waals surface area contributed by atoms with Gasteiger partial charge in [0.15, 0.2) is 0 Å². The van der Waals surface area contributed by atoms with Crippen LogP contribution < -0.4 is 0 Å². The van der Waals surface area contributed by atoms with Crippen molar-refractivity contribution in [3.8, 4) is 0 Å². The lowest BCUT2D eigenvalue weighted by Crippen LogP contribution is -2.42. The molecule has 4 nitrogen and oxygen atoms in total. The monoisotopic (exact) mass is 518 g/mol. The summed E-state index contributed by atoms with van der Waals surface area (Å²) < 4.78 is 47.3. The van der Waals surface area contributed by atoms with E-state index < -0.39 is 11.8 Å². The highest BCUT2D eigenvalue weighted by Gasteiger charge is 2.61. The summed E-state index contributed by atoms with van der Waals surface area (Å²) in [5, 5.41) is 16.5. The van der Waals surface area contributed by atoms with E-state index in [-0.39, 0.29) is 17.6 Å². The zero-order chi connectivity index (χ0) is 21.4. The van der Waals surface area contributed by atoms with Crippen molar-refractivity contribution in [1.82, 2.24) is 5.01 Å². The number of halogens is 4. The van der Waals surface area contributed by atoms with Crippen LogP contribution in [0.2, 0.25) is 0 Å². The first-order chi connectivity index (χ1) is 13.6. The molecule has 0 saturated heterocycles. The Morgan fingerprint density at radius 1 is 1.45 bits per heavy atom. The van der Waals surface area contributed by atoms with Crippen molar-refractivity contribution in [3.05, 3.63) is 58.3 Å². The van der Waals surface area contributed by atoms with E-state index in [9.17, 15) is 18.3 Å². The highest BCUT2D eigenvalue weighted by Crippen LogP contribution is 2.57. The van der Waals surface area contributed by atoms with Gasteiger partial charge < -0.3 is 8.17 Å². The highest BCUT2D eigenvalue weighted by molar-refractivity contribution is 14.1. The molecule has 29 heavy (non-hydrogen) atoms. The zero-order valence-electron chi connectivity index (χ0n) is 16.2. The fourth-order valence-electron chi connectivity index (χ4n) is 4.03.